The molecule has 0 fully saturated rings. The van der Waals surface area contributed by atoms with Gasteiger partial charge in [0.15, 0.2) is 11.5 Å². The van der Waals surface area contributed by atoms with Gasteiger partial charge in [0.2, 0.25) is 0 Å². The second-order valence-electron chi connectivity index (χ2n) is 5.40. The molecule has 0 aliphatic rings. The van der Waals surface area contributed by atoms with Crippen LogP contribution in [0.4, 0.5) is 0 Å². The number of methoxy groups -OCH3 is 2. The molecule has 1 aromatic carbocycles. The van der Waals surface area contributed by atoms with Crippen molar-refractivity contribution in [1.29, 1.82) is 0 Å². The van der Waals surface area contributed by atoms with Crippen LogP contribution in [-0.2, 0) is 9.47 Å². The molecule has 0 saturated heterocycles. The highest BCUT2D eigenvalue weighted by molar-refractivity contribution is 5.80. The van der Waals surface area contributed by atoms with Crippen molar-refractivity contribution in [2.75, 3.05) is 67.1 Å². The fourth-order valence-electron chi connectivity index (χ4n) is 2.27. The second kappa shape index (κ2) is 12.1. The van der Waals surface area contributed by atoms with E-state index in [2.05, 4.69) is 9.97 Å². The van der Waals surface area contributed by atoms with Gasteiger partial charge in [-0.3, -0.25) is 0 Å². The maximum atomic E-state index is 8.74. The predicted octanol–water partition coefficient (Wildman–Crippen LogP) is 0.422. The number of fused-ring (bicyclic) bond motifs is 1. The summed E-state index contributed by atoms with van der Waals surface area (Å²) in [6.07, 6.45) is 0. The summed E-state index contributed by atoms with van der Waals surface area (Å²) in [4.78, 5) is 8.92. The molecule has 10 heteroatoms. The van der Waals surface area contributed by atoms with Crippen LogP contribution in [0.25, 0.3) is 11.0 Å². The van der Waals surface area contributed by atoms with Gasteiger partial charge in [0.25, 0.3) is 11.8 Å². The summed E-state index contributed by atoms with van der Waals surface area (Å²) in [6.45, 7) is 1.34. The minimum absolute atomic E-state index is 0.0559. The molecule has 0 radical (unpaired) electrons. The fraction of sp³-hybridized carbons (Fsp3) is 0.556. The lowest BCUT2D eigenvalue weighted by Crippen LogP contribution is -2.13. The molecule has 0 aliphatic carbocycles. The van der Waals surface area contributed by atoms with Crippen LogP contribution in [0.3, 0.4) is 0 Å². The number of benzene rings is 1. The van der Waals surface area contributed by atoms with Crippen molar-refractivity contribution in [3.05, 3.63) is 12.1 Å². The molecule has 0 atom stereocenters. The summed E-state index contributed by atoms with van der Waals surface area (Å²) >= 11 is 0. The van der Waals surface area contributed by atoms with E-state index >= 15 is 0 Å². The van der Waals surface area contributed by atoms with E-state index in [9.17, 15) is 0 Å². The molecular formula is C18H26N2O8. The van der Waals surface area contributed by atoms with E-state index in [1.54, 1.807) is 12.1 Å². The molecule has 2 N–H and O–H groups in total. The molecule has 0 bridgehead atoms. The SMILES string of the molecule is COc1cc2nc(OCCOCCO)c(OCCOCCO)nc2cc1OC. The Bertz CT molecular complexity index is 668. The average molecular weight is 398 g/mol. The van der Waals surface area contributed by atoms with E-state index in [4.69, 9.17) is 38.6 Å². The van der Waals surface area contributed by atoms with Crippen LogP contribution in [0.5, 0.6) is 23.3 Å². The van der Waals surface area contributed by atoms with Gasteiger partial charge in [0.05, 0.1) is 64.9 Å². The van der Waals surface area contributed by atoms with Crippen molar-refractivity contribution in [3.8, 4) is 23.3 Å². The molecule has 1 heterocycles. The summed E-state index contributed by atoms with van der Waals surface area (Å²) in [5.74, 6) is 1.45. The van der Waals surface area contributed by atoms with Crippen molar-refractivity contribution in [2.24, 2.45) is 0 Å². The monoisotopic (exact) mass is 398 g/mol. The fourth-order valence-corrected chi connectivity index (χ4v) is 2.27. The normalized spacial score (nSPS) is 10.9. The minimum Gasteiger partial charge on any atom is -0.493 e. The first kappa shape index (κ1) is 21.9. The van der Waals surface area contributed by atoms with Crippen LogP contribution >= 0.6 is 0 Å². The van der Waals surface area contributed by atoms with E-state index in [0.717, 1.165) is 0 Å². The van der Waals surface area contributed by atoms with Crippen LogP contribution in [0, 0.1) is 0 Å². The zero-order valence-electron chi connectivity index (χ0n) is 16.0. The topological polar surface area (TPSA) is 122 Å². The van der Waals surface area contributed by atoms with Crippen molar-refractivity contribution in [1.82, 2.24) is 9.97 Å². The number of hydrogen-bond donors (Lipinski definition) is 2. The maximum Gasteiger partial charge on any atom is 0.278 e. The van der Waals surface area contributed by atoms with Crippen LogP contribution in [0.15, 0.2) is 12.1 Å². The lowest BCUT2D eigenvalue weighted by atomic mass is 10.2. The average Bonchev–Trinajstić information content (AvgIpc) is 2.72. The second-order valence-corrected chi connectivity index (χ2v) is 5.40. The van der Waals surface area contributed by atoms with Gasteiger partial charge in [-0.1, -0.05) is 0 Å². The van der Waals surface area contributed by atoms with Crippen molar-refractivity contribution < 1.29 is 38.6 Å². The standard InChI is InChI=1S/C18H26N2O8/c1-23-15-11-13-14(12-16(15)24-2)20-18(28-10-8-26-6-4-22)17(19-13)27-9-7-25-5-3-21/h11-12,21-22H,3-10H2,1-2H3. The smallest absolute Gasteiger partial charge is 0.278 e. The number of aliphatic hydroxyl groups excluding tert-OH is 2. The first-order valence-electron chi connectivity index (χ1n) is 8.80. The molecule has 156 valence electrons. The highest BCUT2D eigenvalue weighted by Crippen LogP contribution is 2.34. The van der Waals surface area contributed by atoms with E-state index < -0.39 is 0 Å². The molecule has 0 saturated carbocycles. The van der Waals surface area contributed by atoms with Gasteiger partial charge in [-0.05, 0) is 0 Å². The van der Waals surface area contributed by atoms with E-state index in [0.29, 0.717) is 22.5 Å². The van der Waals surface area contributed by atoms with Gasteiger partial charge in [0, 0.05) is 12.1 Å². The van der Waals surface area contributed by atoms with Crippen molar-refractivity contribution in [2.45, 2.75) is 0 Å². The largest absolute Gasteiger partial charge is 0.493 e. The van der Waals surface area contributed by atoms with E-state index in [1.807, 2.05) is 0 Å². The molecule has 1 aromatic heterocycles. The van der Waals surface area contributed by atoms with Gasteiger partial charge in [-0.15, -0.1) is 0 Å². The zero-order valence-corrected chi connectivity index (χ0v) is 16.0. The molecule has 28 heavy (non-hydrogen) atoms. The first-order chi connectivity index (χ1) is 13.7. The number of ether oxygens (including phenoxy) is 6. The summed E-state index contributed by atoms with van der Waals surface area (Å²) in [5.41, 5.74) is 1.10. The Morgan fingerprint density at radius 3 is 1.46 bits per heavy atom. The van der Waals surface area contributed by atoms with Crippen LogP contribution < -0.4 is 18.9 Å². The predicted molar refractivity (Wildman–Crippen MR) is 99.4 cm³/mol. The molecule has 10 nitrogen and oxygen atoms in total. The Morgan fingerprint density at radius 1 is 0.679 bits per heavy atom. The Kier molecular flexibility index (Phi) is 9.49. The Balaban J connectivity index is 2.20. The third kappa shape index (κ3) is 6.34. The summed E-state index contributed by atoms with van der Waals surface area (Å²) in [5, 5.41) is 17.5. The quantitative estimate of drug-likeness (QED) is 0.433. The molecule has 0 amide bonds. The number of nitrogens with zero attached hydrogens (tertiary/aromatic N) is 2. The summed E-state index contributed by atoms with van der Waals surface area (Å²) < 4.78 is 32.2. The number of rotatable bonds is 14. The van der Waals surface area contributed by atoms with E-state index in [-0.39, 0.29) is 64.6 Å². The number of hydrogen-bond acceptors (Lipinski definition) is 10. The maximum absolute atomic E-state index is 8.74. The zero-order chi connectivity index (χ0) is 20.2. The summed E-state index contributed by atoms with van der Waals surface area (Å²) in [6, 6.07) is 3.40. The Morgan fingerprint density at radius 2 is 1.11 bits per heavy atom. The minimum atomic E-state index is -0.0559. The lowest BCUT2D eigenvalue weighted by Gasteiger charge is -2.14. The third-order valence-corrected chi connectivity index (χ3v) is 3.51. The number of aromatic nitrogens is 2. The highest BCUT2D eigenvalue weighted by Gasteiger charge is 2.15. The molecule has 0 spiro atoms. The van der Waals surface area contributed by atoms with Gasteiger partial charge < -0.3 is 38.6 Å². The Hall–Kier alpha value is -2.40. The van der Waals surface area contributed by atoms with Crippen molar-refractivity contribution >= 4 is 11.0 Å². The van der Waals surface area contributed by atoms with Gasteiger partial charge in [0.1, 0.15) is 13.2 Å². The van der Waals surface area contributed by atoms with Gasteiger partial charge in [-0.25, -0.2) is 9.97 Å². The lowest BCUT2D eigenvalue weighted by molar-refractivity contribution is 0.0626. The van der Waals surface area contributed by atoms with Crippen LogP contribution in [0.1, 0.15) is 0 Å². The molecule has 0 unspecified atom stereocenters. The van der Waals surface area contributed by atoms with Crippen molar-refractivity contribution in [3.63, 3.8) is 0 Å². The molecule has 0 aliphatic heterocycles. The van der Waals surface area contributed by atoms with Gasteiger partial charge in [-0.2, -0.15) is 0 Å². The van der Waals surface area contributed by atoms with E-state index in [1.165, 1.54) is 14.2 Å². The molecule has 2 rings (SSSR count). The number of aliphatic hydroxyl groups is 2. The van der Waals surface area contributed by atoms with Crippen LogP contribution in [0.2, 0.25) is 0 Å². The summed E-state index contributed by atoms with van der Waals surface area (Å²) in [7, 11) is 3.08. The molecular weight excluding hydrogens is 372 g/mol. The third-order valence-electron chi connectivity index (χ3n) is 3.51. The first-order valence-corrected chi connectivity index (χ1v) is 8.80. The van der Waals surface area contributed by atoms with Gasteiger partial charge >= 0.3 is 0 Å². The highest BCUT2D eigenvalue weighted by atomic mass is 16.6. The van der Waals surface area contributed by atoms with Crippen LogP contribution in [-0.4, -0.2) is 87.3 Å². The molecule has 2 aromatic rings. The Labute approximate surface area is 162 Å².